The number of ether oxygens (including phenoxy) is 2. The lowest BCUT2D eigenvalue weighted by atomic mass is 10.2. The van der Waals surface area contributed by atoms with Gasteiger partial charge in [-0.1, -0.05) is 30.3 Å². The number of hydrogen-bond donors (Lipinski definition) is 1. The highest BCUT2D eigenvalue weighted by Gasteiger charge is 2.30. The lowest BCUT2D eigenvalue weighted by Gasteiger charge is -2.28. The molecule has 0 bridgehead atoms. The summed E-state index contributed by atoms with van der Waals surface area (Å²) >= 11 is 1.55. The van der Waals surface area contributed by atoms with E-state index in [2.05, 4.69) is 5.32 Å². The van der Waals surface area contributed by atoms with Gasteiger partial charge in [0.1, 0.15) is 12.7 Å². The Morgan fingerprint density at radius 2 is 1.79 bits per heavy atom. The Kier molecular flexibility index (Phi) is 5.00. The third-order valence-corrected chi connectivity index (χ3v) is 4.92. The van der Waals surface area contributed by atoms with E-state index in [9.17, 15) is 4.79 Å². The standard InChI is InChI=1S/C19H21NO3S/c1-19(2,24-15-8-4-3-5-9-15)18(21)20-12-14-13-22-16-10-6-7-11-17(16)23-14/h3-11,14H,12-13H2,1-2H3,(H,20,21). The zero-order valence-electron chi connectivity index (χ0n) is 13.8. The molecule has 0 aromatic heterocycles. The molecule has 1 aliphatic heterocycles. The molecule has 1 N–H and O–H groups in total. The van der Waals surface area contributed by atoms with Crippen LogP contribution in [0.3, 0.4) is 0 Å². The first-order valence-corrected chi connectivity index (χ1v) is 8.77. The molecule has 0 radical (unpaired) electrons. The molecule has 0 fully saturated rings. The van der Waals surface area contributed by atoms with Gasteiger partial charge in [-0.05, 0) is 38.1 Å². The molecule has 5 heteroatoms. The van der Waals surface area contributed by atoms with Crippen molar-refractivity contribution in [3.63, 3.8) is 0 Å². The number of para-hydroxylation sites is 2. The zero-order valence-corrected chi connectivity index (χ0v) is 14.6. The van der Waals surface area contributed by atoms with Crippen molar-refractivity contribution in [2.45, 2.75) is 29.6 Å². The van der Waals surface area contributed by atoms with Gasteiger partial charge in [0.15, 0.2) is 11.5 Å². The third-order valence-electron chi connectivity index (χ3n) is 3.72. The summed E-state index contributed by atoms with van der Waals surface area (Å²) in [6.07, 6.45) is -0.179. The van der Waals surface area contributed by atoms with Gasteiger partial charge in [-0.3, -0.25) is 4.79 Å². The summed E-state index contributed by atoms with van der Waals surface area (Å²) in [7, 11) is 0. The lowest BCUT2D eigenvalue weighted by Crippen LogP contribution is -2.46. The largest absolute Gasteiger partial charge is 0.486 e. The van der Waals surface area contributed by atoms with Crippen LogP contribution in [0.1, 0.15) is 13.8 Å². The first-order chi connectivity index (χ1) is 11.5. The number of rotatable bonds is 5. The monoisotopic (exact) mass is 343 g/mol. The van der Waals surface area contributed by atoms with Gasteiger partial charge in [0.05, 0.1) is 11.3 Å². The van der Waals surface area contributed by atoms with Gasteiger partial charge in [-0.25, -0.2) is 0 Å². The number of carbonyl (C=O) groups is 1. The first kappa shape index (κ1) is 16.7. The molecule has 24 heavy (non-hydrogen) atoms. The van der Waals surface area contributed by atoms with E-state index < -0.39 is 4.75 Å². The van der Waals surface area contributed by atoms with Crippen molar-refractivity contribution in [3.05, 3.63) is 54.6 Å². The number of nitrogens with one attached hydrogen (secondary N) is 1. The summed E-state index contributed by atoms with van der Waals surface area (Å²) in [6, 6.07) is 17.5. The number of carbonyl (C=O) groups excluding carboxylic acids is 1. The second kappa shape index (κ2) is 7.18. The Morgan fingerprint density at radius 3 is 2.54 bits per heavy atom. The van der Waals surface area contributed by atoms with Gasteiger partial charge in [0, 0.05) is 4.90 Å². The predicted molar refractivity (Wildman–Crippen MR) is 95.7 cm³/mol. The molecular weight excluding hydrogens is 322 g/mol. The number of hydrogen-bond acceptors (Lipinski definition) is 4. The maximum atomic E-state index is 12.5. The molecule has 0 aliphatic carbocycles. The molecule has 1 amide bonds. The van der Waals surface area contributed by atoms with Crippen molar-refractivity contribution in [1.29, 1.82) is 0 Å². The van der Waals surface area contributed by atoms with Crippen LogP contribution in [-0.4, -0.2) is 29.9 Å². The highest BCUT2D eigenvalue weighted by Crippen LogP contribution is 2.33. The van der Waals surface area contributed by atoms with Crippen LogP contribution in [0.2, 0.25) is 0 Å². The quantitative estimate of drug-likeness (QED) is 0.844. The molecule has 0 saturated heterocycles. The first-order valence-electron chi connectivity index (χ1n) is 7.95. The predicted octanol–water partition coefficient (Wildman–Crippen LogP) is 3.51. The van der Waals surface area contributed by atoms with E-state index in [1.54, 1.807) is 11.8 Å². The summed E-state index contributed by atoms with van der Waals surface area (Å²) in [4.78, 5) is 13.6. The van der Waals surface area contributed by atoms with Crippen molar-refractivity contribution >= 4 is 17.7 Å². The minimum atomic E-state index is -0.561. The van der Waals surface area contributed by atoms with Crippen LogP contribution >= 0.6 is 11.8 Å². The fourth-order valence-electron chi connectivity index (χ4n) is 2.41. The number of benzene rings is 2. The molecule has 2 aromatic carbocycles. The van der Waals surface area contributed by atoms with Crippen molar-refractivity contribution in [2.24, 2.45) is 0 Å². The van der Waals surface area contributed by atoms with Gasteiger partial charge in [0.2, 0.25) is 5.91 Å². The van der Waals surface area contributed by atoms with Crippen LogP contribution in [-0.2, 0) is 4.79 Å². The topological polar surface area (TPSA) is 47.6 Å². The minimum Gasteiger partial charge on any atom is -0.486 e. The molecular formula is C19H21NO3S. The molecule has 1 atom stereocenters. The van der Waals surface area contributed by atoms with Crippen LogP contribution in [0, 0.1) is 0 Å². The van der Waals surface area contributed by atoms with Crippen LogP contribution in [0.25, 0.3) is 0 Å². The summed E-state index contributed by atoms with van der Waals surface area (Å²) in [5, 5.41) is 2.98. The highest BCUT2D eigenvalue weighted by molar-refractivity contribution is 8.01. The van der Waals surface area contributed by atoms with Crippen molar-refractivity contribution in [2.75, 3.05) is 13.2 Å². The second-order valence-electron chi connectivity index (χ2n) is 6.13. The second-order valence-corrected chi connectivity index (χ2v) is 7.83. The Bertz CT molecular complexity index is 703. The molecule has 3 rings (SSSR count). The van der Waals surface area contributed by atoms with E-state index >= 15 is 0 Å². The molecule has 1 heterocycles. The number of fused-ring (bicyclic) bond motifs is 1. The van der Waals surface area contributed by atoms with E-state index in [-0.39, 0.29) is 12.0 Å². The average Bonchev–Trinajstić information content (AvgIpc) is 2.60. The van der Waals surface area contributed by atoms with E-state index in [0.717, 1.165) is 16.4 Å². The molecule has 1 aliphatic rings. The fourth-order valence-corrected chi connectivity index (χ4v) is 3.46. The van der Waals surface area contributed by atoms with Crippen LogP contribution < -0.4 is 14.8 Å². The zero-order chi connectivity index (χ0) is 17.0. The average molecular weight is 343 g/mol. The van der Waals surface area contributed by atoms with E-state index in [1.165, 1.54) is 0 Å². The highest BCUT2D eigenvalue weighted by atomic mass is 32.2. The van der Waals surface area contributed by atoms with Gasteiger partial charge in [-0.15, -0.1) is 11.8 Å². The number of amides is 1. The Morgan fingerprint density at radius 1 is 1.12 bits per heavy atom. The fraction of sp³-hybridized carbons (Fsp3) is 0.316. The molecule has 1 unspecified atom stereocenters. The van der Waals surface area contributed by atoms with Crippen molar-refractivity contribution < 1.29 is 14.3 Å². The van der Waals surface area contributed by atoms with Crippen LogP contribution in [0.5, 0.6) is 11.5 Å². The smallest absolute Gasteiger partial charge is 0.236 e. The Labute approximate surface area is 146 Å². The SMILES string of the molecule is CC(C)(Sc1ccccc1)C(=O)NCC1COc2ccccc2O1. The van der Waals surface area contributed by atoms with E-state index in [1.807, 2.05) is 68.4 Å². The Balaban J connectivity index is 1.54. The van der Waals surface area contributed by atoms with Gasteiger partial charge >= 0.3 is 0 Å². The van der Waals surface area contributed by atoms with Crippen molar-refractivity contribution in [1.82, 2.24) is 5.32 Å². The maximum absolute atomic E-state index is 12.5. The van der Waals surface area contributed by atoms with Crippen LogP contribution in [0.15, 0.2) is 59.5 Å². The molecule has 4 nitrogen and oxygen atoms in total. The third kappa shape index (κ3) is 4.03. The molecule has 0 spiro atoms. The summed E-state index contributed by atoms with van der Waals surface area (Å²) in [6.45, 7) is 4.70. The summed E-state index contributed by atoms with van der Waals surface area (Å²) < 4.78 is 11.0. The maximum Gasteiger partial charge on any atom is 0.236 e. The van der Waals surface area contributed by atoms with Gasteiger partial charge < -0.3 is 14.8 Å². The van der Waals surface area contributed by atoms with Crippen LogP contribution in [0.4, 0.5) is 0 Å². The van der Waals surface area contributed by atoms with E-state index in [4.69, 9.17) is 9.47 Å². The van der Waals surface area contributed by atoms with Crippen molar-refractivity contribution in [3.8, 4) is 11.5 Å². The molecule has 2 aromatic rings. The summed E-state index contributed by atoms with van der Waals surface area (Å²) in [5.41, 5.74) is 0. The molecule has 0 saturated carbocycles. The Hall–Kier alpha value is -2.14. The van der Waals surface area contributed by atoms with Gasteiger partial charge in [-0.2, -0.15) is 0 Å². The van der Waals surface area contributed by atoms with Gasteiger partial charge in [0.25, 0.3) is 0 Å². The van der Waals surface area contributed by atoms with E-state index in [0.29, 0.717) is 13.2 Å². The minimum absolute atomic E-state index is 0.0150. The molecule has 126 valence electrons. The lowest BCUT2D eigenvalue weighted by molar-refractivity contribution is -0.123. The normalized spacial score (nSPS) is 16.5. The summed E-state index contributed by atoms with van der Waals surface area (Å²) in [5.74, 6) is 1.46. The number of thioether (sulfide) groups is 1.